The first-order chi connectivity index (χ1) is 13.8. The van der Waals surface area contributed by atoms with Crippen molar-refractivity contribution in [2.24, 2.45) is 0 Å². The van der Waals surface area contributed by atoms with Crippen molar-refractivity contribution in [3.05, 3.63) is 93.5 Å². The van der Waals surface area contributed by atoms with E-state index < -0.39 is 17.6 Å². The van der Waals surface area contributed by atoms with Crippen LogP contribution >= 0.6 is 11.6 Å². The predicted octanol–water partition coefficient (Wildman–Crippen LogP) is 5.69. The number of nitrogens with one attached hydrogen (secondary N) is 1. The molecular formula is C22H16ClF2NO3. The molecule has 0 spiro atoms. The van der Waals surface area contributed by atoms with E-state index in [2.05, 4.69) is 5.32 Å². The molecule has 29 heavy (non-hydrogen) atoms. The van der Waals surface area contributed by atoms with Crippen LogP contribution in [0.1, 0.15) is 31.8 Å². The molecule has 1 N–H and O–H groups in total. The fraction of sp³-hybridized carbons (Fsp3) is 0.0909. The van der Waals surface area contributed by atoms with Gasteiger partial charge in [-0.15, -0.1) is 0 Å². The minimum absolute atomic E-state index is 0.0724. The molecule has 0 atom stereocenters. The standard InChI is InChI=1S/C22H16ClF2NO3/c1-12-3-4-13(22(28)29-2)9-17(12)21(27)16-7-6-15(11-18(16)23)26-20-8-5-14(24)10-19(20)25/h3-11,26H,1-2H3. The molecule has 0 aliphatic rings. The lowest BCUT2D eigenvalue weighted by atomic mass is 9.96. The zero-order valence-corrected chi connectivity index (χ0v) is 16.3. The van der Waals surface area contributed by atoms with Crippen molar-refractivity contribution in [2.45, 2.75) is 6.92 Å². The Bertz CT molecular complexity index is 1120. The highest BCUT2D eigenvalue weighted by Crippen LogP contribution is 2.28. The Morgan fingerprint density at radius 1 is 0.966 bits per heavy atom. The second-order valence-corrected chi connectivity index (χ2v) is 6.70. The highest BCUT2D eigenvalue weighted by molar-refractivity contribution is 6.35. The van der Waals surface area contributed by atoms with Crippen LogP contribution < -0.4 is 5.32 Å². The summed E-state index contributed by atoms with van der Waals surface area (Å²) in [5.74, 6) is -2.35. The second kappa shape index (κ2) is 8.41. The molecule has 3 rings (SSSR count). The summed E-state index contributed by atoms with van der Waals surface area (Å²) in [7, 11) is 1.26. The lowest BCUT2D eigenvalue weighted by molar-refractivity contribution is 0.0600. The van der Waals surface area contributed by atoms with Gasteiger partial charge in [0.1, 0.15) is 11.6 Å². The highest BCUT2D eigenvalue weighted by atomic mass is 35.5. The van der Waals surface area contributed by atoms with Crippen LogP contribution in [0.2, 0.25) is 5.02 Å². The van der Waals surface area contributed by atoms with Gasteiger partial charge in [-0.05, 0) is 55.0 Å². The molecule has 148 valence electrons. The number of benzene rings is 3. The van der Waals surface area contributed by atoms with E-state index in [0.717, 1.165) is 12.1 Å². The van der Waals surface area contributed by atoms with E-state index in [4.69, 9.17) is 16.3 Å². The van der Waals surface area contributed by atoms with Gasteiger partial charge in [0.15, 0.2) is 5.78 Å². The van der Waals surface area contributed by atoms with E-state index in [1.165, 1.54) is 31.4 Å². The molecule has 0 amide bonds. The summed E-state index contributed by atoms with van der Waals surface area (Å²) in [5, 5.41) is 2.93. The van der Waals surface area contributed by atoms with E-state index in [1.807, 2.05) is 0 Å². The number of methoxy groups -OCH3 is 1. The number of halogens is 3. The molecule has 0 aliphatic carbocycles. The van der Waals surface area contributed by atoms with Gasteiger partial charge in [-0.1, -0.05) is 17.7 Å². The van der Waals surface area contributed by atoms with Crippen molar-refractivity contribution in [3.8, 4) is 0 Å². The topological polar surface area (TPSA) is 55.4 Å². The molecule has 0 saturated heterocycles. The summed E-state index contributed by atoms with van der Waals surface area (Å²) < 4.78 is 31.5. The molecule has 3 aromatic rings. The van der Waals surface area contributed by atoms with Crippen LogP contribution in [0.25, 0.3) is 0 Å². The SMILES string of the molecule is COC(=O)c1ccc(C)c(C(=O)c2ccc(Nc3ccc(F)cc3F)cc2Cl)c1. The van der Waals surface area contributed by atoms with Crippen LogP contribution in [-0.2, 0) is 4.74 Å². The van der Waals surface area contributed by atoms with Crippen LogP contribution in [0.3, 0.4) is 0 Å². The first-order valence-corrected chi connectivity index (χ1v) is 8.93. The third kappa shape index (κ3) is 4.43. The Morgan fingerprint density at radius 2 is 1.72 bits per heavy atom. The quantitative estimate of drug-likeness (QED) is 0.429. The summed E-state index contributed by atoms with van der Waals surface area (Å²) in [6.45, 7) is 1.75. The van der Waals surface area contributed by atoms with Crippen LogP contribution in [0.15, 0.2) is 54.6 Å². The fourth-order valence-electron chi connectivity index (χ4n) is 2.78. The predicted molar refractivity (Wildman–Crippen MR) is 107 cm³/mol. The molecule has 0 aliphatic heterocycles. The second-order valence-electron chi connectivity index (χ2n) is 6.29. The van der Waals surface area contributed by atoms with Crippen molar-refractivity contribution < 1.29 is 23.1 Å². The van der Waals surface area contributed by atoms with Crippen molar-refractivity contribution in [2.75, 3.05) is 12.4 Å². The first kappa shape index (κ1) is 20.5. The van der Waals surface area contributed by atoms with E-state index in [0.29, 0.717) is 16.8 Å². The van der Waals surface area contributed by atoms with E-state index >= 15 is 0 Å². The Balaban J connectivity index is 1.90. The van der Waals surface area contributed by atoms with Gasteiger partial charge in [-0.25, -0.2) is 13.6 Å². The number of carbonyl (C=O) groups excluding carboxylic acids is 2. The maximum atomic E-state index is 13.8. The largest absolute Gasteiger partial charge is 0.465 e. The summed E-state index contributed by atoms with van der Waals surface area (Å²) in [6, 6.07) is 12.4. The number of ether oxygens (including phenoxy) is 1. The minimum Gasteiger partial charge on any atom is -0.465 e. The minimum atomic E-state index is -0.753. The number of hydrogen-bond acceptors (Lipinski definition) is 4. The van der Waals surface area contributed by atoms with Crippen molar-refractivity contribution in [1.29, 1.82) is 0 Å². The average molecular weight is 416 g/mol. The van der Waals surface area contributed by atoms with Gasteiger partial charge in [0.2, 0.25) is 0 Å². The van der Waals surface area contributed by atoms with Crippen LogP contribution in [-0.4, -0.2) is 18.9 Å². The van der Waals surface area contributed by atoms with Gasteiger partial charge in [0.05, 0.1) is 23.4 Å². The average Bonchev–Trinajstić information content (AvgIpc) is 2.69. The third-order valence-corrected chi connectivity index (χ3v) is 4.64. The smallest absolute Gasteiger partial charge is 0.337 e. The van der Waals surface area contributed by atoms with Crippen LogP contribution in [0.5, 0.6) is 0 Å². The molecule has 3 aromatic carbocycles. The van der Waals surface area contributed by atoms with Crippen LogP contribution in [0.4, 0.5) is 20.2 Å². The Labute approximate surface area is 171 Å². The van der Waals surface area contributed by atoms with Crippen molar-refractivity contribution >= 4 is 34.7 Å². The van der Waals surface area contributed by atoms with Crippen LogP contribution in [0, 0.1) is 18.6 Å². The monoisotopic (exact) mass is 415 g/mol. The summed E-state index contributed by atoms with van der Waals surface area (Å²) in [4.78, 5) is 24.7. The lowest BCUT2D eigenvalue weighted by Gasteiger charge is -2.12. The molecule has 0 radical (unpaired) electrons. The van der Waals surface area contributed by atoms with Gasteiger partial charge in [0.25, 0.3) is 0 Å². The molecule has 7 heteroatoms. The number of anilines is 2. The molecule has 0 aromatic heterocycles. The highest BCUT2D eigenvalue weighted by Gasteiger charge is 2.18. The number of rotatable bonds is 5. The van der Waals surface area contributed by atoms with E-state index in [9.17, 15) is 18.4 Å². The summed E-state index contributed by atoms with van der Waals surface area (Å²) in [5.41, 5.74) is 1.97. The molecule has 0 fully saturated rings. The van der Waals surface area contributed by atoms with E-state index in [1.54, 1.807) is 25.1 Å². The number of esters is 1. The van der Waals surface area contributed by atoms with Gasteiger partial charge < -0.3 is 10.1 Å². The van der Waals surface area contributed by atoms with Crippen molar-refractivity contribution in [1.82, 2.24) is 0 Å². The molecule has 4 nitrogen and oxygen atoms in total. The van der Waals surface area contributed by atoms with Gasteiger partial charge in [-0.3, -0.25) is 4.79 Å². The summed E-state index contributed by atoms with van der Waals surface area (Å²) in [6.07, 6.45) is 0. The molecule has 0 heterocycles. The molecule has 0 unspecified atom stereocenters. The number of ketones is 1. The zero-order chi connectivity index (χ0) is 21.1. The number of hydrogen-bond donors (Lipinski definition) is 1. The molecular weight excluding hydrogens is 400 g/mol. The van der Waals surface area contributed by atoms with Gasteiger partial charge in [-0.2, -0.15) is 0 Å². The fourth-order valence-corrected chi connectivity index (χ4v) is 3.05. The molecule has 0 bridgehead atoms. The molecule has 0 saturated carbocycles. The third-order valence-electron chi connectivity index (χ3n) is 4.33. The lowest BCUT2D eigenvalue weighted by Crippen LogP contribution is -2.08. The number of carbonyl (C=O) groups is 2. The van der Waals surface area contributed by atoms with E-state index in [-0.39, 0.29) is 27.6 Å². The normalized spacial score (nSPS) is 10.5. The van der Waals surface area contributed by atoms with Crippen molar-refractivity contribution in [3.63, 3.8) is 0 Å². The Kier molecular flexibility index (Phi) is 5.94. The van der Waals surface area contributed by atoms with Gasteiger partial charge in [0, 0.05) is 22.9 Å². The maximum absolute atomic E-state index is 13.8. The zero-order valence-electron chi connectivity index (χ0n) is 15.6. The van der Waals surface area contributed by atoms with Gasteiger partial charge >= 0.3 is 5.97 Å². The Morgan fingerprint density at radius 3 is 2.38 bits per heavy atom. The number of aryl methyl sites for hydroxylation is 1. The summed E-state index contributed by atoms with van der Waals surface area (Å²) >= 11 is 6.28. The Hall–Kier alpha value is -3.25. The maximum Gasteiger partial charge on any atom is 0.337 e. The first-order valence-electron chi connectivity index (χ1n) is 8.55.